The van der Waals surface area contributed by atoms with Crippen LogP contribution < -0.4 is 15.8 Å². The lowest BCUT2D eigenvalue weighted by atomic mass is 10.1. The first-order valence-electron chi connectivity index (χ1n) is 6.65. The number of carbonyl (C=O) groups is 1. The number of benzene rings is 2. The first-order chi connectivity index (χ1) is 10.1. The maximum atomic E-state index is 12.1. The highest BCUT2D eigenvalue weighted by Gasteiger charge is 2.07. The minimum atomic E-state index is -0.156. The summed E-state index contributed by atoms with van der Waals surface area (Å²) < 4.78 is 6.21. The molecule has 5 heteroatoms. The fourth-order valence-electron chi connectivity index (χ4n) is 1.88. The molecule has 110 valence electrons. The number of halogens is 1. The van der Waals surface area contributed by atoms with Gasteiger partial charge in [0, 0.05) is 22.3 Å². The van der Waals surface area contributed by atoms with Gasteiger partial charge in [-0.1, -0.05) is 12.1 Å². The molecule has 0 aliphatic carbocycles. The molecule has 0 aromatic heterocycles. The Bertz CT molecular complexity index is 644. The van der Waals surface area contributed by atoms with Gasteiger partial charge in [0.05, 0.1) is 6.61 Å². The zero-order chi connectivity index (χ0) is 15.2. The number of nitrogen functional groups attached to an aromatic ring is 1. The summed E-state index contributed by atoms with van der Waals surface area (Å²) in [7, 11) is 0. The van der Waals surface area contributed by atoms with Gasteiger partial charge in [-0.05, 0) is 58.7 Å². The Labute approximate surface area is 132 Å². The van der Waals surface area contributed by atoms with Gasteiger partial charge in [0.25, 0.3) is 5.91 Å². The number of rotatable bonds is 5. The lowest BCUT2D eigenvalue weighted by molar-refractivity contribution is 0.0951. The molecule has 0 aliphatic heterocycles. The normalized spacial score (nSPS) is 10.2. The van der Waals surface area contributed by atoms with Gasteiger partial charge in [0.1, 0.15) is 5.75 Å². The topological polar surface area (TPSA) is 64.3 Å². The highest BCUT2D eigenvalue weighted by Crippen LogP contribution is 2.20. The number of ether oxygens (including phenoxy) is 1. The molecule has 21 heavy (non-hydrogen) atoms. The number of nitrogens with two attached hydrogens (primary N) is 1. The van der Waals surface area contributed by atoms with E-state index in [1.807, 2.05) is 31.2 Å². The summed E-state index contributed by atoms with van der Waals surface area (Å²) in [6.07, 6.45) is 0. The molecule has 1 amide bonds. The van der Waals surface area contributed by atoms with Gasteiger partial charge < -0.3 is 15.8 Å². The summed E-state index contributed by atoms with van der Waals surface area (Å²) in [6.45, 7) is 3.00. The molecule has 0 saturated heterocycles. The van der Waals surface area contributed by atoms with E-state index < -0.39 is 0 Å². The Hall–Kier alpha value is -2.01. The van der Waals surface area contributed by atoms with Gasteiger partial charge in [-0.2, -0.15) is 0 Å². The average Bonchev–Trinajstić information content (AvgIpc) is 2.48. The summed E-state index contributed by atoms with van der Waals surface area (Å²) in [6, 6.07) is 12.8. The van der Waals surface area contributed by atoms with Gasteiger partial charge in [-0.25, -0.2) is 0 Å². The van der Waals surface area contributed by atoms with Crippen LogP contribution in [0.2, 0.25) is 0 Å². The second-order valence-corrected chi connectivity index (χ2v) is 5.35. The fourth-order valence-corrected chi connectivity index (χ4v) is 2.13. The second kappa shape index (κ2) is 7.13. The highest BCUT2D eigenvalue weighted by atomic mass is 79.9. The number of anilines is 1. The third-order valence-electron chi connectivity index (χ3n) is 2.92. The van der Waals surface area contributed by atoms with Crippen LogP contribution in [-0.2, 0) is 6.54 Å². The molecule has 0 fully saturated rings. The van der Waals surface area contributed by atoms with E-state index in [0.717, 1.165) is 15.8 Å². The largest absolute Gasteiger partial charge is 0.494 e. The maximum absolute atomic E-state index is 12.1. The summed E-state index contributed by atoms with van der Waals surface area (Å²) in [5.74, 6) is 0.646. The number of amides is 1. The van der Waals surface area contributed by atoms with Crippen molar-refractivity contribution in [3.8, 4) is 5.75 Å². The molecular weight excluding hydrogens is 332 g/mol. The number of hydrogen-bond acceptors (Lipinski definition) is 3. The van der Waals surface area contributed by atoms with Crippen molar-refractivity contribution in [1.82, 2.24) is 5.32 Å². The van der Waals surface area contributed by atoms with E-state index in [-0.39, 0.29) is 5.91 Å². The maximum Gasteiger partial charge on any atom is 0.251 e. The van der Waals surface area contributed by atoms with Crippen molar-refractivity contribution >= 4 is 27.5 Å². The van der Waals surface area contributed by atoms with Crippen LogP contribution in [-0.4, -0.2) is 12.5 Å². The van der Waals surface area contributed by atoms with Gasteiger partial charge in [0.2, 0.25) is 0 Å². The number of carbonyl (C=O) groups excluding carboxylic acids is 1. The monoisotopic (exact) mass is 348 g/mol. The van der Waals surface area contributed by atoms with Crippen LogP contribution in [0.15, 0.2) is 46.9 Å². The Balaban J connectivity index is 2.00. The number of nitrogens with one attached hydrogen (secondary N) is 1. The van der Waals surface area contributed by atoms with Crippen molar-refractivity contribution in [3.63, 3.8) is 0 Å². The predicted octanol–water partition coefficient (Wildman–Crippen LogP) is 3.36. The Kier molecular flexibility index (Phi) is 5.22. The molecule has 2 rings (SSSR count). The average molecular weight is 349 g/mol. The molecule has 4 nitrogen and oxygen atoms in total. The molecule has 0 unspecified atom stereocenters. The Morgan fingerprint density at radius 2 is 2.10 bits per heavy atom. The van der Waals surface area contributed by atoms with Crippen LogP contribution in [0, 0.1) is 0 Å². The predicted molar refractivity (Wildman–Crippen MR) is 87.3 cm³/mol. The molecule has 3 N–H and O–H groups in total. The smallest absolute Gasteiger partial charge is 0.251 e. The Morgan fingerprint density at radius 1 is 1.29 bits per heavy atom. The summed E-state index contributed by atoms with van der Waals surface area (Å²) in [5, 5.41) is 2.87. The summed E-state index contributed by atoms with van der Waals surface area (Å²) in [4.78, 5) is 12.1. The molecule has 0 atom stereocenters. The van der Waals surface area contributed by atoms with Crippen molar-refractivity contribution < 1.29 is 9.53 Å². The minimum absolute atomic E-state index is 0.156. The molecule has 0 saturated carbocycles. The molecule has 2 aromatic rings. The standard InChI is InChI=1S/C16H17BrN2O2/c1-2-21-13-5-3-4-11(8-13)10-19-16(20)12-6-7-14(17)15(18)9-12/h3-9H,2,10,18H2,1H3,(H,19,20). The van der Waals surface area contributed by atoms with E-state index in [9.17, 15) is 4.79 Å². The molecule has 0 bridgehead atoms. The van der Waals surface area contributed by atoms with E-state index in [4.69, 9.17) is 10.5 Å². The lowest BCUT2D eigenvalue weighted by Gasteiger charge is -2.08. The van der Waals surface area contributed by atoms with Crippen LogP contribution in [0.4, 0.5) is 5.69 Å². The van der Waals surface area contributed by atoms with Crippen molar-refractivity contribution in [3.05, 3.63) is 58.1 Å². The minimum Gasteiger partial charge on any atom is -0.494 e. The van der Waals surface area contributed by atoms with Crippen molar-refractivity contribution in [2.45, 2.75) is 13.5 Å². The zero-order valence-corrected chi connectivity index (χ0v) is 13.3. The van der Waals surface area contributed by atoms with Gasteiger partial charge in [-0.15, -0.1) is 0 Å². The first-order valence-corrected chi connectivity index (χ1v) is 7.44. The molecule has 0 heterocycles. The zero-order valence-electron chi connectivity index (χ0n) is 11.7. The molecule has 2 aromatic carbocycles. The van der Waals surface area contributed by atoms with Crippen LogP contribution >= 0.6 is 15.9 Å². The van der Waals surface area contributed by atoms with E-state index in [0.29, 0.717) is 24.4 Å². The van der Waals surface area contributed by atoms with Crippen molar-refractivity contribution in [2.24, 2.45) is 0 Å². The molecule has 0 radical (unpaired) electrons. The molecule has 0 aliphatic rings. The van der Waals surface area contributed by atoms with Crippen LogP contribution in [0.1, 0.15) is 22.8 Å². The van der Waals surface area contributed by atoms with E-state index >= 15 is 0 Å². The van der Waals surface area contributed by atoms with Gasteiger partial charge in [0.15, 0.2) is 0 Å². The summed E-state index contributed by atoms with van der Waals surface area (Å²) in [5.41, 5.74) is 7.84. The first kappa shape index (κ1) is 15.4. The summed E-state index contributed by atoms with van der Waals surface area (Å²) >= 11 is 3.31. The fraction of sp³-hybridized carbons (Fsp3) is 0.188. The van der Waals surface area contributed by atoms with Gasteiger partial charge in [-0.3, -0.25) is 4.79 Å². The molecular formula is C16H17BrN2O2. The van der Waals surface area contributed by atoms with E-state index in [2.05, 4.69) is 21.2 Å². The lowest BCUT2D eigenvalue weighted by Crippen LogP contribution is -2.22. The van der Waals surface area contributed by atoms with Crippen LogP contribution in [0.25, 0.3) is 0 Å². The molecule has 0 spiro atoms. The third kappa shape index (κ3) is 4.23. The number of hydrogen-bond donors (Lipinski definition) is 2. The van der Waals surface area contributed by atoms with E-state index in [1.54, 1.807) is 18.2 Å². The highest BCUT2D eigenvalue weighted by molar-refractivity contribution is 9.10. The van der Waals surface area contributed by atoms with E-state index in [1.165, 1.54) is 0 Å². The SMILES string of the molecule is CCOc1cccc(CNC(=O)c2ccc(Br)c(N)c2)c1. The van der Waals surface area contributed by atoms with Crippen LogP contribution in [0.5, 0.6) is 5.75 Å². The van der Waals surface area contributed by atoms with Crippen molar-refractivity contribution in [2.75, 3.05) is 12.3 Å². The quantitative estimate of drug-likeness (QED) is 0.814. The Morgan fingerprint density at radius 3 is 2.81 bits per heavy atom. The van der Waals surface area contributed by atoms with Crippen LogP contribution in [0.3, 0.4) is 0 Å². The third-order valence-corrected chi connectivity index (χ3v) is 3.64. The second-order valence-electron chi connectivity index (χ2n) is 4.50. The van der Waals surface area contributed by atoms with Gasteiger partial charge >= 0.3 is 0 Å². The van der Waals surface area contributed by atoms with Crippen molar-refractivity contribution in [1.29, 1.82) is 0 Å².